The van der Waals surface area contributed by atoms with Crippen LogP contribution in [0.15, 0.2) is 6.07 Å². The van der Waals surface area contributed by atoms with Gasteiger partial charge in [-0.25, -0.2) is 0 Å². The van der Waals surface area contributed by atoms with Gasteiger partial charge in [-0.15, -0.1) is 11.3 Å². The highest BCUT2D eigenvalue weighted by atomic mass is 79.9. The van der Waals surface area contributed by atoms with Crippen molar-refractivity contribution in [3.63, 3.8) is 0 Å². The SMILES string of the molecule is Cc1cc(C(=O)NC(CBr)C(C)C)sc1C. The van der Waals surface area contributed by atoms with Crippen molar-refractivity contribution in [2.24, 2.45) is 5.92 Å². The Morgan fingerprint density at radius 1 is 1.50 bits per heavy atom. The molecule has 0 bridgehead atoms. The molecule has 0 aromatic carbocycles. The van der Waals surface area contributed by atoms with Crippen LogP contribution in [-0.4, -0.2) is 17.3 Å². The number of thiophene rings is 1. The minimum atomic E-state index is 0.0411. The number of rotatable bonds is 4. The fraction of sp³-hybridized carbons (Fsp3) is 0.583. The first-order chi connectivity index (χ1) is 7.45. The van der Waals surface area contributed by atoms with Crippen LogP contribution in [0.1, 0.15) is 34.0 Å². The summed E-state index contributed by atoms with van der Waals surface area (Å²) in [5.74, 6) is 0.477. The topological polar surface area (TPSA) is 29.1 Å². The molecule has 1 aromatic rings. The van der Waals surface area contributed by atoms with Crippen LogP contribution in [0.4, 0.5) is 0 Å². The standard InChI is InChI=1S/C12H18BrNOS/c1-7(2)10(6-13)14-12(15)11-5-8(3)9(4)16-11/h5,7,10H,6H2,1-4H3,(H,14,15). The van der Waals surface area contributed by atoms with Crippen LogP contribution in [0.3, 0.4) is 0 Å². The summed E-state index contributed by atoms with van der Waals surface area (Å²) < 4.78 is 0. The maximum Gasteiger partial charge on any atom is 0.261 e. The van der Waals surface area contributed by atoms with Gasteiger partial charge in [0.15, 0.2) is 0 Å². The van der Waals surface area contributed by atoms with Crippen LogP contribution in [-0.2, 0) is 0 Å². The first-order valence-electron chi connectivity index (χ1n) is 5.39. The van der Waals surface area contributed by atoms with E-state index in [1.165, 1.54) is 10.4 Å². The van der Waals surface area contributed by atoms with Crippen LogP contribution in [0.2, 0.25) is 0 Å². The lowest BCUT2D eigenvalue weighted by Crippen LogP contribution is -2.39. The largest absolute Gasteiger partial charge is 0.348 e. The molecule has 0 aliphatic rings. The van der Waals surface area contributed by atoms with Crippen molar-refractivity contribution in [3.8, 4) is 0 Å². The third-order valence-corrected chi connectivity index (χ3v) is 4.53. The molecular weight excluding hydrogens is 286 g/mol. The molecule has 1 atom stereocenters. The van der Waals surface area contributed by atoms with Crippen molar-refractivity contribution in [1.82, 2.24) is 5.32 Å². The van der Waals surface area contributed by atoms with E-state index in [9.17, 15) is 4.79 Å². The van der Waals surface area contributed by atoms with Crippen LogP contribution in [0, 0.1) is 19.8 Å². The molecule has 1 N–H and O–H groups in total. The maximum absolute atomic E-state index is 12.0. The molecule has 90 valence electrons. The van der Waals surface area contributed by atoms with Gasteiger partial charge in [0, 0.05) is 16.2 Å². The van der Waals surface area contributed by atoms with Crippen molar-refractivity contribution < 1.29 is 4.79 Å². The smallest absolute Gasteiger partial charge is 0.261 e. The zero-order valence-electron chi connectivity index (χ0n) is 10.1. The summed E-state index contributed by atoms with van der Waals surface area (Å²) in [5.41, 5.74) is 1.19. The first-order valence-corrected chi connectivity index (χ1v) is 7.33. The molecule has 2 nitrogen and oxygen atoms in total. The monoisotopic (exact) mass is 303 g/mol. The molecule has 0 aliphatic heterocycles. The van der Waals surface area contributed by atoms with E-state index in [0.29, 0.717) is 5.92 Å². The van der Waals surface area contributed by atoms with E-state index in [1.807, 2.05) is 19.9 Å². The first kappa shape index (κ1) is 13.7. The lowest BCUT2D eigenvalue weighted by Gasteiger charge is -2.19. The van der Waals surface area contributed by atoms with E-state index in [4.69, 9.17) is 0 Å². The minimum Gasteiger partial charge on any atom is -0.348 e. The highest BCUT2D eigenvalue weighted by molar-refractivity contribution is 9.09. The third kappa shape index (κ3) is 3.32. The van der Waals surface area contributed by atoms with Gasteiger partial charge in [-0.1, -0.05) is 29.8 Å². The minimum absolute atomic E-state index is 0.0411. The molecular formula is C12H18BrNOS. The number of carbonyl (C=O) groups excluding carboxylic acids is 1. The number of hydrogen-bond acceptors (Lipinski definition) is 2. The molecule has 0 fully saturated rings. The van der Waals surface area contributed by atoms with Crippen molar-refractivity contribution in [2.45, 2.75) is 33.7 Å². The van der Waals surface area contributed by atoms with E-state index >= 15 is 0 Å². The van der Waals surface area contributed by atoms with Gasteiger partial charge < -0.3 is 5.32 Å². The summed E-state index contributed by atoms with van der Waals surface area (Å²) in [6.07, 6.45) is 0. The Bertz CT molecular complexity index is 354. The predicted molar refractivity (Wildman–Crippen MR) is 73.7 cm³/mol. The molecule has 0 aliphatic carbocycles. The van der Waals surface area contributed by atoms with E-state index in [0.717, 1.165) is 10.2 Å². The summed E-state index contributed by atoms with van der Waals surface area (Å²) in [5, 5.41) is 3.84. The highest BCUT2D eigenvalue weighted by Gasteiger charge is 2.17. The van der Waals surface area contributed by atoms with E-state index in [2.05, 4.69) is 35.1 Å². The van der Waals surface area contributed by atoms with E-state index < -0.39 is 0 Å². The Labute approximate surface area is 110 Å². The number of alkyl halides is 1. The third-order valence-electron chi connectivity index (χ3n) is 2.68. The second kappa shape index (κ2) is 5.82. The molecule has 4 heteroatoms. The molecule has 16 heavy (non-hydrogen) atoms. The summed E-state index contributed by atoms with van der Waals surface area (Å²) in [7, 11) is 0. The number of amides is 1. The Hall–Kier alpha value is -0.350. The van der Waals surface area contributed by atoms with Crippen LogP contribution in [0.5, 0.6) is 0 Å². The normalized spacial score (nSPS) is 12.9. The molecule has 0 spiro atoms. The van der Waals surface area contributed by atoms with E-state index in [1.54, 1.807) is 11.3 Å². The van der Waals surface area contributed by atoms with Crippen LogP contribution >= 0.6 is 27.3 Å². The zero-order chi connectivity index (χ0) is 12.3. The van der Waals surface area contributed by atoms with Gasteiger partial charge in [0.2, 0.25) is 0 Å². The fourth-order valence-corrected chi connectivity index (χ4v) is 3.15. The van der Waals surface area contributed by atoms with Gasteiger partial charge in [-0.3, -0.25) is 4.79 Å². The molecule has 0 radical (unpaired) electrons. The second-order valence-corrected chi connectivity index (χ2v) is 6.23. The Morgan fingerprint density at radius 2 is 2.12 bits per heavy atom. The van der Waals surface area contributed by atoms with Gasteiger partial charge in [0.25, 0.3) is 5.91 Å². The predicted octanol–water partition coefficient (Wildman–Crippen LogP) is 3.51. The molecule has 1 aromatic heterocycles. The summed E-state index contributed by atoms with van der Waals surface area (Å²) in [6.45, 7) is 8.29. The Morgan fingerprint density at radius 3 is 2.50 bits per heavy atom. The number of nitrogens with one attached hydrogen (secondary N) is 1. The van der Waals surface area contributed by atoms with Gasteiger partial charge in [-0.05, 0) is 31.4 Å². The van der Waals surface area contributed by atoms with Gasteiger partial charge in [0.05, 0.1) is 4.88 Å². The number of carbonyl (C=O) groups is 1. The molecule has 1 rings (SSSR count). The molecule has 0 saturated carbocycles. The zero-order valence-corrected chi connectivity index (χ0v) is 12.5. The van der Waals surface area contributed by atoms with E-state index in [-0.39, 0.29) is 11.9 Å². The summed E-state index contributed by atoms with van der Waals surface area (Å²) in [4.78, 5) is 14.0. The van der Waals surface area contributed by atoms with Crippen LogP contribution < -0.4 is 5.32 Å². The number of hydrogen-bond donors (Lipinski definition) is 1. The Balaban J connectivity index is 2.71. The summed E-state index contributed by atoms with van der Waals surface area (Å²) >= 11 is 4.99. The van der Waals surface area contributed by atoms with Crippen molar-refractivity contribution in [2.75, 3.05) is 5.33 Å². The maximum atomic E-state index is 12.0. The van der Waals surface area contributed by atoms with Crippen molar-refractivity contribution in [1.29, 1.82) is 0 Å². The van der Waals surface area contributed by atoms with Crippen molar-refractivity contribution >= 4 is 33.2 Å². The summed E-state index contributed by atoms with van der Waals surface area (Å²) in [6, 6.07) is 2.15. The van der Waals surface area contributed by atoms with Gasteiger partial charge >= 0.3 is 0 Å². The van der Waals surface area contributed by atoms with Gasteiger partial charge in [0.1, 0.15) is 0 Å². The average molecular weight is 304 g/mol. The molecule has 1 heterocycles. The fourth-order valence-electron chi connectivity index (χ4n) is 1.31. The lowest BCUT2D eigenvalue weighted by atomic mass is 10.1. The highest BCUT2D eigenvalue weighted by Crippen LogP contribution is 2.20. The molecule has 0 saturated heterocycles. The Kier molecular flexibility index (Phi) is 4.99. The quantitative estimate of drug-likeness (QED) is 0.847. The van der Waals surface area contributed by atoms with Gasteiger partial charge in [-0.2, -0.15) is 0 Å². The second-order valence-electron chi connectivity index (χ2n) is 4.33. The lowest BCUT2D eigenvalue weighted by molar-refractivity contribution is 0.0936. The molecule has 1 amide bonds. The number of aryl methyl sites for hydroxylation is 2. The number of halogens is 1. The average Bonchev–Trinajstić information content (AvgIpc) is 2.55. The van der Waals surface area contributed by atoms with Crippen molar-refractivity contribution in [3.05, 3.63) is 21.4 Å². The van der Waals surface area contributed by atoms with Crippen LogP contribution in [0.25, 0.3) is 0 Å². The molecule has 1 unspecified atom stereocenters.